The van der Waals surface area contributed by atoms with Crippen molar-refractivity contribution >= 4 is 35.6 Å². The lowest BCUT2D eigenvalue weighted by Gasteiger charge is -2.24. The van der Waals surface area contributed by atoms with E-state index in [0.29, 0.717) is 0 Å². The number of hydrogen-bond donors (Lipinski definition) is 1. The molecule has 0 bridgehead atoms. The van der Waals surface area contributed by atoms with Crippen LogP contribution in [-0.4, -0.2) is 26.1 Å². The van der Waals surface area contributed by atoms with Crippen LogP contribution in [0.25, 0.3) is 0 Å². The van der Waals surface area contributed by atoms with Crippen LogP contribution in [0.15, 0.2) is 29.3 Å². The molecule has 0 unspecified atom stereocenters. The molecule has 0 saturated carbocycles. The number of guanidine groups is 1. The molecular weight excluding hydrogens is 361 g/mol. The summed E-state index contributed by atoms with van der Waals surface area (Å²) in [7, 11) is 1.87. The van der Waals surface area contributed by atoms with Crippen LogP contribution in [0.1, 0.15) is 32.3 Å². The van der Waals surface area contributed by atoms with Crippen molar-refractivity contribution in [3.63, 3.8) is 0 Å². The molecule has 0 atom stereocenters. The minimum atomic E-state index is 0. The van der Waals surface area contributed by atoms with Gasteiger partial charge in [-0.15, -0.1) is 24.0 Å². The average Bonchev–Trinajstić information content (AvgIpc) is 2.88. The van der Waals surface area contributed by atoms with Crippen molar-refractivity contribution in [3.8, 4) is 0 Å². The van der Waals surface area contributed by atoms with Crippen molar-refractivity contribution in [2.75, 3.05) is 25.0 Å². The van der Waals surface area contributed by atoms with Gasteiger partial charge in [-0.3, -0.25) is 4.99 Å². The summed E-state index contributed by atoms with van der Waals surface area (Å²) in [5.41, 5.74) is 2.73. The lowest BCUT2D eigenvalue weighted by Crippen LogP contribution is -2.42. The molecule has 0 aliphatic carbocycles. The van der Waals surface area contributed by atoms with Crippen LogP contribution in [0.2, 0.25) is 0 Å². The highest BCUT2D eigenvalue weighted by atomic mass is 127. The Labute approximate surface area is 139 Å². The second-order valence-electron chi connectivity index (χ2n) is 5.14. The van der Waals surface area contributed by atoms with Crippen molar-refractivity contribution in [1.29, 1.82) is 0 Å². The summed E-state index contributed by atoms with van der Waals surface area (Å²) in [6.07, 6.45) is 3.55. The zero-order valence-corrected chi connectivity index (χ0v) is 15.1. The number of rotatable bonds is 4. The molecule has 1 aliphatic rings. The van der Waals surface area contributed by atoms with E-state index >= 15 is 0 Å². The van der Waals surface area contributed by atoms with Gasteiger partial charge in [-0.05, 0) is 24.0 Å². The Morgan fingerprint density at radius 1 is 1.30 bits per heavy atom. The molecule has 112 valence electrons. The average molecular weight is 387 g/mol. The highest BCUT2D eigenvalue weighted by Gasteiger charge is 2.22. The maximum Gasteiger partial charge on any atom is 0.198 e. The van der Waals surface area contributed by atoms with Gasteiger partial charge >= 0.3 is 0 Å². The zero-order chi connectivity index (χ0) is 13.7. The van der Waals surface area contributed by atoms with Crippen molar-refractivity contribution < 1.29 is 0 Å². The van der Waals surface area contributed by atoms with Gasteiger partial charge in [0.15, 0.2) is 5.96 Å². The first kappa shape index (κ1) is 17.3. The van der Waals surface area contributed by atoms with Gasteiger partial charge in [-0.1, -0.05) is 44.9 Å². The molecule has 2 rings (SSSR count). The Kier molecular flexibility index (Phi) is 7.34. The first-order valence-corrected chi connectivity index (χ1v) is 7.36. The van der Waals surface area contributed by atoms with Gasteiger partial charge in [-0.25, -0.2) is 0 Å². The number of hydrogen-bond acceptors (Lipinski definition) is 1. The largest absolute Gasteiger partial charge is 0.356 e. The van der Waals surface area contributed by atoms with Gasteiger partial charge in [0.1, 0.15) is 0 Å². The predicted octanol–water partition coefficient (Wildman–Crippen LogP) is 3.68. The summed E-state index contributed by atoms with van der Waals surface area (Å²) in [5, 5.41) is 3.53. The number of halogens is 1. The third-order valence-electron chi connectivity index (χ3n) is 4.06. The number of fused-ring (bicyclic) bond motifs is 1. The van der Waals surface area contributed by atoms with Crippen LogP contribution in [0.3, 0.4) is 0 Å². The van der Waals surface area contributed by atoms with E-state index in [1.165, 1.54) is 24.1 Å². The molecule has 1 N–H and O–H groups in total. The summed E-state index contributed by atoms with van der Waals surface area (Å²) in [4.78, 5) is 6.74. The van der Waals surface area contributed by atoms with Gasteiger partial charge in [0.05, 0.1) is 0 Å². The van der Waals surface area contributed by atoms with Crippen molar-refractivity contribution in [3.05, 3.63) is 29.8 Å². The first-order valence-electron chi connectivity index (χ1n) is 7.36. The predicted molar refractivity (Wildman–Crippen MR) is 98.3 cm³/mol. The lowest BCUT2D eigenvalue weighted by atomic mass is 10.0. The van der Waals surface area contributed by atoms with E-state index in [4.69, 9.17) is 0 Å². The van der Waals surface area contributed by atoms with E-state index in [1.807, 2.05) is 7.05 Å². The summed E-state index contributed by atoms with van der Waals surface area (Å²) >= 11 is 0. The van der Waals surface area contributed by atoms with Gasteiger partial charge in [-0.2, -0.15) is 0 Å². The molecule has 3 nitrogen and oxygen atoms in total. The molecule has 0 aromatic heterocycles. The summed E-state index contributed by atoms with van der Waals surface area (Å²) in [6.45, 7) is 6.55. The normalized spacial score (nSPS) is 14.2. The van der Waals surface area contributed by atoms with Crippen molar-refractivity contribution in [2.24, 2.45) is 10.9 Å². The molecule has 1 aromatic rings. The highest BCUT2D eigenvalue weighted by Crippen LogP contribution is 2.27. The number of aliphatic imine (C=N–C) groups is 1. The fourth-order valence-electron chi connectivity index (χ4n) is 2.67. The summed E-state index contributed by atoms with van der Waals surface area (Å²) < 4.78 is 0. The van der Waals surface area contributed by atoms with Crippen LogP contribution < -0.4 is 10.2 Å². The molecule has 0 fully saturated rings. The maximum atomic E-state index is 4.44. The quantitative estimate of drug-likeness (QED) is 0.485. The van der Waals surface area contributed by atoms with Crippen LogP contribution in [-0.2, 0) is 6.42 Å². The fraction of sp³-hybridized carbons (Fsp3) is 0.562. The fourth-order valence-corrected chi connectivity index (χ4v) is 2.67. The Bertz CT molecular complexity index is 441. The van der Waals surface area contributed by atoms with Crippen molar-refractivity contribution in [2.45, 2.75) is 33.1 Å². The molecular formula is C16H26IN3. The number of nitrogens with zero attached hydrogens (tertiary/aromatic N) is 2. The molecule has 0 amide bonds. The summed E-state index contributed by atoms with van der Waals surface area (Å²) in [6, 6.07) is 8.61. The Morgan fingerprint density at radius 3 is 2.65 bits per heavy atom. The summed E-state index contributed by atoms with van der Waals surface area (Å²) in [5.74, 6) is 1.74. The van der Waals surface area contributed by atoms with Gasteiger partial charge in [0, 0.05) is 25.8 Å². The number of benzene rings is 1. The van der Waals surface area contributed by atoms with E-state index in [2.05, 4.69) is 53.3 Å². The van der Waals surface area contributed by atoms with Crippen molar-refractivity contribution in [1.82, 2.24) is 5.32 Å². The van der Waals surface area contributed by atoms with Gasteiger partial charge < -0.3 is 10.2 Å². The van der Waals surface area contributed by atoms with Crippen LogP contribution in [0, 0.1) is 5.92 Å². The Morgan fingerprint density at radius 2 is 2.00 bits per heavy atom. The van der Waals surface area contributed by atoms with E-state index in [0.717, 1.165) is 31.4 Å². The second kappa shape index (κ2) is 8.49. The monoisotopic (exact) mass is 387 g/mol. The van der Waals surface area contributed by atoms with Crippen LogP contribution in [0.4, 0.5) is 5.69 Å². The SMILES string of the molecule is CCC(CC)CNC(=NC)N1CCc2ccccc21.I. The molecule has 1 heterocycles. The second-order valence-corrected chi connectivity index (χ2v) is 5.14. The number of nitrogens with one attached hydrogen (secondary N) is 1. The smallest absolute Gasteiger partial charge is 0.198 e. The Hall–Kier alpha value is -0.780. The van der Waals surface area contributed by atoms with E-state index < -0.39 is 0 Å². The highest BCUT2D eigenvalue weighted by molar-refractivity contribution is 14.0. The standard InChI is InChI=1S/C16H25N3.HI/c1-4-13(5-2)12-18-16(17-3)19-11-10-14-8-6-7-9-15(14)19;/h6-9,13H,4-5,10-12H2,1-3H3,(H,17,18);1H. The zero-order valence-electron chi connectivity index (χ0n) is 12.7. The molecule has 0 spiro atoms. The maximum absolute atomic E-state index is 4.44. The Balaban J connectivity index is 0.00000200. The van der Waals surface area contributed by atoms with Gasteiger partial charge in [0.25, 0.3) is 0 Å². The molecule has 1 aromatic carbocycles. The van der Waals surface area contributed by atoms with E-state index in [9.17, 15) is 0 Å². The molecule has 0 radical (unpaired) electrons. The van der Waals surface area contributed by atoms with Crippen LogP contribution in [0.5, 0.6) is 0 Å². The topological polar surface area (TPSA) is 27.6 Å². The third kappa shape index (κ3) is 3.87. The van der Waals surface area contributed by atoms with E-state index in [1.54, 1.807) is 0 Å². The molecule has 20 heavy (non-hydrogen) atoms. The van der Waals surface area contributed by atoms with Gasteiger partial charge in [0.2, 0.25) is 0 Å². The molecule has 0 saturated heterocycles. The third-order valence-corrected chi connectivity index (χ3v) is 4.06. The minimum Gasteiger partial charge on any atom is -0.356 e. The lowest BCUT2D eigenvalue weighted by molar-refractivity contribution is 0.483. The number of anilines is 1. The first-order chi connectivity index (χ1) is 9.30. The van der Waals surface area contributed by atoms with Crippen LogP contribution >= 0.6 is 24.0 Å². The molecule has 4 heteroatoms. The minimum absolute atomic E-state index is 0. The van der Waals surface area contributed by atoms with E-state index in [-0.39, 0.29) is 24.0 Å². The molecule has 1 aliphatic heterocycles. The number of para-hydroxylation sites is 1.